The van der Waals surface area contributed by atoms with Crippen LogP contribution in [0.15, 0.2) is 0 Å². The molecule has 0 radical (unpaired) electrons. The van der Waals surface area contributed by atoms with E-state index >= 15 is 0 Å². The lowest BCUT2D eigenvalue weighted by Gasteiger charge is -2.17. The van der Waals surface area contributed by atoms with E-state index in [9.17, 15) is 4.79 Å². The van der Waals surface area contributed by atoms with Crippen LogP contribution in [0, 0.1) is 0 Å². The molecule has 1 aliphatic heterocycles. The fourth-order valence-electron chi connectivity index (χ4n) is 0.863. The highest BCUT2D eigenvalue weighted by Gasteiger charge is 2.25. The summed E-state index contributed by atoms with van der Waals surface area (Å²) in [6, 6.07) is -0.0649. The monoisotopic (exact) mass is 176 g/mol. The molecule has 0 saturated carbocycles. The van der Waals surface area contributed by atoms with E-state index in [4.69, 9.17) is 4.84 Å². The molecule has 1 fully saturated rings. The second-order valence-corrected chi connectivity index (χ2v) is 3.32. The third-order valence-corrected chi connectivity index (χ3v) is 2.54. The van der Waals surface area contributed by atoms with E-state index in [-0.39, 0.29) is 11.9 Å². The van der Waals surface area contributed by atoms with Gasteiger partial charge in [-0.1, -0.05) is 0 Å². The van der Waals surface area contributed by atoms with Crippen molar-refractivity contribution in [2.75, 3.05) is 25.8 Å². The molecule has 1 rings (SSSR count). The van der Waals surface area contributed by atoms with Crippen molar-refractivity contribution in [3.05, 3.63) is 0 Å². The summed E-state index contributed by atoms with van der Waals surface area (Å²) in [5.41, 5.74) is 0. The number of carbonyl (C=O) groups is 1. The van der Waals surface area contributed by atoms with Crippen LogP contribution >= 0.6 is 11.8 Å². The first-order valence-corrected chi connectivity index (χ1v) is 4.54. The van der Waals surface area contributed by atoms with Crippen LogP contribution in [0.1, 0.15) is 0 Å². The van der Waals surface area contributed by atoms with Gasteiger partial charge < -0.3 is 0 Å². The maximum absolute atomic E-state index is 11.3. The van der Waals surface area contributed by atoms with Crippen LogP contribution in [0.25, 0.3) is 0 Å². The second-order valence-electron chi connectivity index (χ2n) is 2.29. The van der Waals surface area contributed by atoms with Crippen molar-refractivity contribution in [1.29, 1.82) is 0 Å². The third kappa shape index (κ3) is 2.08. The van der Waals surface area contributed by atoms with Crippen molar-refractivity contribution in [2.45, 2.75) is 6.04 Å². The quantitative estimate of drug-likeness (QED) is 0.585. The molecule has 0 aromatic carbocycles. The molecule has 0 aromatic rings. The average Bonchev–Trinajstić information content (AvgIpc) is 2.53. The van der Waals surface area contributed by atoms with Crippen molar-refractivity contribution in [3.63, 3.8) is 0 Å². The Balaban J connectivity index is 2.39. The van der Waals surface area contributed by atoms with E-state index in [2.05, 4.69) is 5.32 Å². The van der Waals surface area contributed by atoms with Gasteiger partial charge in [-0.05, 0) is 0 Å². The molecule has 4 nitrogen and oxygen atoms in total. The van der Waals surface area contributed by atoms with Crippen molar-refractivity contribution >= 4 is 17.7 Å². The maximum Gasteiger partial charge on any atom is 0.263 e. The molecule has 0 aliphatic carbocycles. The predicted molar refractivity (Wildman–Crippen MR) is 44.0 cm³/mol. The summed E-state index contributed by atoms with van der Waals surface area (Å²) in [5.74, 6) is 1.69. The summed E-state index contributed by atoms with van der Waals surface area (Å²) in [5, 5.41) is 4.32. The summed E-state index contributed by atoms with van der Waals surface area (Å²) in [4.78, 5) is 16.1. The zero-order valence-electron chi connectivity index (χ0n) is 6.66. The van der Waals surface area contributed by atoms with Crippen LogP contribution in [0.2, 0.25) is 0 Å². The van der Waals surface area contributed by atoms with Gasteiger partial charge in [-0.2, -0.15) is 0 Å². The Labute approximate surface area is 70.2 Å². The van der Waals surface area contributed by atoms with E-state index in [1.807, 2.05) is 0 Å². The average molecular weight is 176 g/mol. The smallest absolute Gasteiger partial charge is 0.263 e. The van der Waals surface area contributed by atoms with Gasteiger partial charge in [0.2, 0.25) is 0 Å². The van der Waals surface area contributed by atoms with E-state index in [0.29, 0.717) is 0 Å². The number of amides is 1. The lowest BCUT2D eigenvalue weighted by molar-refractivity contribution is -0.170. The fourth-order valence-corrected chi connectivity index (χ4v) is 1.80. The van der Waals surface area contributed by atoms with Gasteiger partial charge in [0.1, 0.15) is 0 Å². The van der Waals surface area contributed by atoms with E-state index in [1.165, 1.54) is 12.2 Å². The highest BCUT2D eigenvalue weighted by molar-refractivity contribution is 7.99. The Morgan fingerprint density at radius 2 is 2.55 bits per heavy atom. The van der Waals surface area contributed by atoms with Crippen LogP contribution in [-0.4, -0.2) is 42.8 Å². The molecule has 64 valence electrons. The Morgan fingerprint density at radius 3 is 3.00 bits per heavy atom. The van der Waals surface area contributed by atoms with Crippen molar-refractivity contribution in [1.82, 2.24) is 10.4 Å². The normalized spacial score (nSPS) is 23.6. The van der Waals surface area contributed by atoms with Gasteiger partial charge in [-0.3, -0.25) is 14.9 Å². The molecule has 1 amide bonds. The zero-order chi connectivity index (χ0) is 8.27. The number of hydrogen-bond acceptors (Lipinski definition) is 4. The van der Waals surface area contributed by atoms with Gasteiger partial charge in [-0.25, -0.2) is 5.06 Å². The van der Waals surface area contributed by atoms with Crippen LogP contribution < -0.4 is 5.32 Å². The lowest BCUT2D eigenvalue weighted by Crippen LogP contribution is -2.42. The van der Waals surface area contributed by atoms with Gasteiger partial charge in [0.05, 0.1) is 13.2 Å². The highest BCUT2D eigenvalue weighted by Crippen LogP contribution is 2.10. The van der Waals surface area contributed by atoms with Gasteiger partial charge in [0, 0.05) is 18.7 Å². The van der Waals surface area contributed by atoms with Gasteiger partial charge in [-0.15, -0.1) is 11.8 Å². The minimum atomic E-state index is -0.0649. The third-order valence-electron chi connectivity index (χ3n) is 1.60. The highest BCUT2D eigenvalue weighted by atomic mass is 32.2. The van der Waals surface area contributed by atoms with E-state index in [1.54, 1.807) is 18.8 Å². The predicted octanol–water partition coefficient (Wildman–Crippen LogP) is -0.331. The summed E-state index contributed by atoms with van der Waals surface area (Å²) in [6.07, 6.45) is 0. The molecule has 0 bridgehead atoms. The maximum atomic E-state index is 11.3. The molecule has 5 heteroatoms. The Kier molecular flexibility index (Phi) is 3.16. The van der Waals surface area contributed by atoms with Gasteiger partial charge >= 0.3 is 0 Å². The number of thioether (sulfide) groups is 1. The largest absolute Gasteiger partial charge is 0.296 e. The number of nitrogens with zero attached hydrogens (tertiary/aromatic N) is 1. The van der Waals surface area contributed by atoms with Crippen molar-refractivity contribution in [3.8, 4) is 0 Å². The first-order valence-electron chi connectivity index (χ1n) is 3.38. The molecular weight excluding hydrogens is 164 g/mol. The van der Waals surface area contributed by atoms with Crippen LogP contribution in [-0.2, 0) is 9.63 Å². The zero-order valence-corrected chi connectivity index (χ0v) is 7.48. The van der Waals surface area contributed by atoms with Crippen LogP contribution in [0.5, 0.6) is 0 Å². The molecule has 1 aliphatic rings. The Hall–Kier alpha value is -0.260. The van der Waals surface area contributed by atoms with Gasteiger partial charge in [0.15, 0.2) is 0 Å². The van der Waals surface area contributed by atoms with E-state index in [0.717, 1.165) is 11.6 Å². The molecule has 11 heavy (non-hydrogen) atoms. The number of rotatable bonds is 2. The fraction of sp³-hybridized carbons (Fsp3) is 0.833. The topological polar surface area (TPSA) is 41.6 Å². The molecular formula is C6H12N2O2S. The molecule has 1 heterocycles. The number of hydroxylamine groups is 2. The summed E-state index contributed by atoms with van der Waals surface area (Å²) >= 11 is 1.72. The standard InChI is InChI=1S/C6H12N2O2S/c1-8(10-2)6(9)5-3-11-4-7-5/h5,7H,3-4H2,1-2H3. The molecule has 0 spiro atoms. The summed E-state index contributed by atoms with van der Waals surface area (Å²) in [7, 11) is 3.10. The molecule has 1 unspecified atom stereocenters. The molecule has 1 N–H and O–H groups in total. The first kappa shape index (κ1) is 8.83. The number of likely N-dealkylation sites (N-methyl/N-ethyl adjacent to an activating group) is 1. The van der Waals surface area contributed by atoms with Crippen molar-refractivity contribution < 1.29 is 9.63 Å². The number of hydrogen-bond donors (Lipinski definition) is 1. The second kappa shape index (κ2) is 3.94. The molecule has 1 atom stereocenters. The van der Waals surface area contributed by atoms with Gasteiger partial charge in [0.25, 0.3) is 5.91 Å². The number of carbonyl (C=O) groups excluding carboxylic acids is 1. The minimum Gasteiger partial charge on any atom is -0.296 e. The van der Waals surface area contributed by atoms with E-state index < -0.39 is 0 Å². The lowest BCUT2D eigenvalue weighted by atomic mass is 10.3. The molecule has 0 aromatic heterocycles. The summed E-state index contributed by atoms with van der Waals surface area (Å²) in [6.45, 7) is 0. The van der Waals surface area contributed by atoms with Crippen molar-refractivity contribution in [2.24, 2.45) is 0 Å². The first-order chi connectivity index (χ1) is 5.25. The van der Waals surface area contributed by atoms with Crippen LogP contribution in [0.3, 0.4) is 0 Å². The number of nitrogens with one attached hydrogen (secondary N) is 1. The Morgan fingerprint density at radius 1 is 1.82 bits per heavy atom. The molecule has 1 saturated heterocycles. The Bertz CT molecular complexity index is 148. The minimum absolute atomic E-state index is 0.00231. The SMILES string of the molecule is CON(C)C(=O)C1CSCN1. The summed E-state index contributed by atoms with van der Waals surface area (Å²) < 4.78 is 0. The van der Waals surface area contributed by atoms with Crippen LogP contribution in [0.4, 0.5) is 0 Å².